The molecule has 0 N–H and O–H groups in total. The molecule has 0 saturated carbocycles. The first-order valence-corrected chi connectivity index (χ1v) is 14.8. The smallest absolute Gasteiger partial charge is 0.162 e. The number of fused-ring (bicyclic) bond motifs is 3. The van der Waals surface area contributed by atoms with Crippen LogP contribution in [0.4, 0.5) is 0 Å². The zero-order chi connectivity index (χ0) is 25.8. The molecule has 0 amide bonds. The summed E-state index contributed by atoms with van der Waals surface area (Å²) in [6, 6.07) is 13.4. The van der Waals surface area contributed by atoms with Gasteiger partial charge in [-0.15, -0.1) is 0 Å². The topological polar surface area (TPSA) is 40.6 Å². The fourth-order valence-corrected chi connectivity index (χ4v) is 6.61. The Balaban J connectivity index is 1.17. The van der Waals surface area contributed by atoms with Gasteiger partial charge in [0.1, 0.15) is 0 Å². The largest absolute Gasteiger partial charge is 0.301 e. The molecule has 1 aliphatic carbocycles. The van der Waals surface area contributed by atoms with Crippen molar-refractivity contribution in [2.24, 2.45) is 0 Å². The van der Waals surface area contributed by atoms with Gasteiger partial charge >= 0.3 is 0 Å². The van der Waals surface area contributed by atoms with E-state index in [2.05, 4.69) is 47.9 Å². The molecule has 0 radical (unpaired) electrons. The van der Waals surface area contributed by atoms with Gasteiger partial charge in [-0.1, -0.05) is 37.1 Å². The van der Waals surface area contributed by atoms with Gasteiger partial charge in [-0.05, 0) is 119 Å². The monoisotopic (exact) mass is 500 g/mol. The van der Waals surface area contributed by atoms with Crippen LogP contribution < -0.4 is 0 Å². The normalized spacial score (nSPS) is 19.7. The molecular weight excluding hydrogens is 456 g/mol. The average molecular weight is 501 g/mol. The zero-order valence-corrected chi connectivity index (χ0v) is 22.9. The van der Waals surface area contributed by atoms with Gasteiger partial charge < -0.3 is 9.80 Å². The number of hydrogen-bond acceptors (Lipinski definition) is 4. The molecule has 2 aromatic carbocycles. The molecule has 2 aliphatic heterocycles. The van der Waals surface area contributed by atoms with E-state index < -0.39 is 0 Å². The first-order valence-electron chi connectivity index (χ1n) is 14.8. The van der Waals surface area contributed by atoms with E-state index in [1.807, 2.05) is 12.1 Å². The van der Waals surface area contributed by atoms with Gasteiger partial charge in [0, 0.05) is 36.1 Å². The molecular formula is C33H44N2O2. The Kier molecular flexibility index (Phi) is 8.56. The summed E-state index contributed by atoms with van der Waals surface area (Å²) in [6.45, 7) is 9.24. The standard InChI is InChI=1S/C33H44N2O2/c1-24(34-17-5-3-6-18-34)9-15-32(36)26-11-13-30-28(21-26)23-29-22-27(12-14-31(29)30)33(37)16-10-25(2)35-19-7-4-8-20-35/h11-14,21-22,24-25H,3-10,15-20,23H2,1-2H3. The fourth-order valence-electron chi connectivity index (χ4n) is 6.61. The van der Waals surface area contributed by atoms with Gasteiger partial charge in [0.2, 0.25) is 0 Å². The van der Waals surface area contributed by atoms with Gasteiger partial charge in [0.25, 0.3) is 0 Å². The van der Waals surface area contributed by atoms with Crippen molar-refractivity contribution in [3.63, 3.8) is 0 Å². The lowest BCUT2D eigenvalue weighted by Crippen LogP contribution is -2.37. The first kappa shape index (κ1) is 26.3. The molecule has 0 spiro atoms. The summed E-state index contributed by atoms with van der Waals surface area (Å²) in [5.74, 6) is 0.502. The Morgan fingerprint density at radius 1 is 0.649 bits per heavy atom. The number of carbonyl (C=O) groups is 2. The molecule has 0 aromatic heterocycles. The van der Waals surface area contributed by atoms with Gasteiger partial charge in [0.05, 0.1) is 0 Å². The maximum atomic E-state index is 13.0. The summed E-state index contributed by atoms with van der Waals surface area (Å²) < 4.78 is 0. The third-order valence-electron chi connectivity index (χ3n) is 9.13. The van der Waals surface area contributed by atoms with Crippen molar-refractivity contribution in [2.75, 3.05) is 26.2 Å². The minimum Gasteiger partial charge on any atom is -0.301 e. The second-order valence-corrected chi connectivity index (χ2v) is 11.7. The highest BCUT2D eigenvalue weighted by atomic mass is 16.1. The zero-order valence-electron chi connectivity index (χ0n) is 22.9. The number of hydrogen-bond donors (Lipinski definition) is 0. The van der Waals surface area contributed by atoms with Crippen LogP contribution in [0.2, 0.25) is 0 Å². The summed E-state index contributed by atoms with van der Waals surface area (Å²) >= 11 is 0. The second kappa shape index (κ2) is 12.0. The minimum atomic E-state index is 0.251. The summed E-state index contributed by atoms with van der Waals surface area (Å²) in [7, 11) is 0. The van der Waals surface area contributed by atoms with E-state index in [0.29, 0.717) is 24.9 Å². The Hall–Kier alpha value is -2.30. The molecule has 198 valence electrons. The van der Waals surface area contributed by atoms with Crippen LogP contribution in [0.25, 0.3) is 11.1 Å². The van der Waals surface area contributed by atoms with E-state index in [9.17, 15) is 9.59 Å². The molecule has 2 saturated heterocycles. The van der Waals surface area contributed by atoms with Gasteiger partial charge in [-0.25, -0.2) is 0 Å². The van der Waals surface area contributed by atoms with Crippen LogP contribution in [-0.4, -0.2) is 59.6 Å². The number of likely N-dealkylation sites (tertiary alicyclic amines) is 2. The van der Waals surface area contributed by atoms with Gasteiger partial charge in [0.15, 0.2) is 11.6 Å². The Bertz CT molecular complexity index is 1020. The number of piperidine rings is 2. The SMILES string of the molecule is CC(CCC(=O)c1ccc2c(c1)Cc1cc(C(=O)CCC(C)N3CCCCC3)ccc1-2)N1CCCCC1. The fraction of sp³-hybridized carbons (Fsp3) is 0.576. The maximum Gasteiger partial charge on any atom is 0.162 e. The molecule has 2 unspecified atom stereocenters. The van der Waals surface area contributed by atoms with Crippen LogP contribution in [0.15, 0.2) is 36.4 Å². The Morgan fingerprint density at radius 2 is 1.05 bits per heavy atom. The number of ketones is 2. The number of benzene rings is 2. The number of rotatable bonds is 10. The Morgan fingerprint density at radius 3 is 1.46 bits per heavy atom. The molecule has 2 atom stereocenters. The lowest BCUT2D eigenvalue weighted by atomic mass is 9.97. The van der Waals surface area contributed by atoms with Crippen molar-refractivity contribution in [3.05, 3.63) is 58.7 Å². The highest BCUT2D eigenvalue weighted by Crippen LogP contribution is 2.38. The van der Waals surface area contributed by atoms with Crippen molar-refractivity contribution in [3.8, 4) is 11.1 Å². The predicted octanol–water partition coefficient (Wildman–Crippen LogP) is 6.93. The summed E-state index contributed by atoms with van der Waals surface area (Å²) in [4.78, 5) is 31.1. The molecule has 0 bridgehead atoms. The summed E-state index contributed by atoms with van der Waals surface area (Å²) in [5, 5.41) is 0. The van der Waals surface area contributed by atoms with Crippen LogP contribution in [0.5, 0.6) is 0 Å². The maximum absolute atomic E-state index is 13.0. The number of carbonyl (C=O) groups excluding carboxylic acids is 2. The van der Waals surface area contributed by atoms with Crippen molar-refractivity contribution >= 4 is 11.6 Å². The first-order chi connectivity index (χ1) is 18.0. The highest BCUT2D eigenvalue weighted by molar-refractivity contribution is 5.99. The average Bonchev–Trinajstić information content (AvgIpc) is 3.32. The Labute approximate surface area is 223 Å². The van der Waals surface area contributed by atoms with E-state index in [0.717, 1.165) is 30.4 Å². The van der Waals surface area contributed by atoms with Crippen molar-refractivity contribution in [1.82, 2.24) is 9.80 Å². The van der Waals surface area contributed by atoms with E-state index in [1.54, 1.807) is 0 Å². The minimum absolute atomic E-state index is 0.251. The van der Waals surface area contributed by atoms with Crippen molar-refractivity contribution in [2.45, 2.75) is 96.6 Å². The van der Waals surface area contributed by atoms with Crippen LogP contribution in [0, 0.1) is 0 Å². The van der Waals surface area contributed by atoms with Gasteiger partial charge in [-0.3, -0.25) is 9.59 Å². The highest BCUT2D eigenvalue weighted by Gasteiger charge is 2.23. The summed E-state index contributed by atoms with van der Waals surface area (Å²) in [5.41, 5.74) is 6.53. The van der Waals surface area contributed by atoms with Crippen LogP contribution >= 0.6 is 0 Å². The molecule has 3 aliphatic rings. The number of nitrogens with zero attached hydrogens (tertiary/aromatic N) is 2. The van der Waals surface area contributed by atoms with E-state index in [4.69, 9.17) is 0 Å². The molecule has 2 heterocycles. The molecule has 5 rings (SSSR count). The lowest BCUT2D eigenvalue weighted by Gasteiger charge is -2.32. The number of Topliss-reactive ketones (excluding diaryl/α,β-unsaturated/α-hetero) is 2. The lowest BCUT2D eigenvalue weighted by molar-refractivity contribution is 0.0948. The van der Waals surface area contributed by atoms with E-state index >= 15 is 0 Å². The third kappa shape index (κ3) is 6.23. The van der Waals surface area contributed by atoms with E-state index in [1.165, 1.54) is 87.0 Å². The third-order valence-corrected chi connectivity index (χ3v) is 9.13. The predicted molar refractivity (Wildman–Crippen MR) is 152 cm³/mol. The molecule has 4 heteroatoms. The van der Waals surface area contributed by atoms with E-state index in [-0.39, 0.29) is 11.6 Å². The molecule has 4 nitrogen and oxygen atoms in total. The van der Waals surface area contributed by atoms with Crippen LogP contribution in [-0.2, 0) is 6.42 Å². The summed E-state index contributed by atoms with van der Waals surface area (Å²) in [6.07, 6.45) is 11.7. The van der Waals surface area contributed by atoms with Crippen LogP contribution in [0.3, 0.4) is 0 Å². The second-order valence-electron chi connectivity index (χ2n) is 11.7. The van der Waals surface area contributed by atoms with Crippen molar-refractivity contribution in [1.29, 1.82) is 0 Å². The van der Waals surface area contributed by atoms with Crippen molar-refractivity contribution < 1.29 is 9.59 Å². The molecule has 37 heavy (non-hydrogen) atoms. The molecule has 2 fully saturated rings. The quantitative estimate of drug-likeness (QED) is 0.283. The van der Waals surface area contributed by atoms with Gasteiger partial charge in [-0.2, -0.15) is 0 Å². The molecule has 2 aromatic rings. The van der Waals surface area contributed by atoms with Crippen LogP contribution in [0.1, 0.15) is 110 Å².